The Balaban J connectivity index is 1.33. The van der Waals surface area contributed by atoms with Crippen molar-refractivity contribution in [1.82, 2.24) is 20.1 Å². The molecule has 32 heavy (non-hydrogen) atoms. The second kappa shape index (κ2) is 8.68. The van der Waals surface area contributed by atoms with Crippen LogP contribution in [-0.4, -0.2) is 45.7 Å². The van der Waals surface area contributed by atoms with Gasteiger partial charge in [0, 0.05) is 38.0 Å². The van der Waals surface area contributed by atoms with Gasteiger partial charge in [-0.1, -0.05) is 12.1 Å². The van der Waals surface area contributed by atoms with Gasteiger partial charge in [0.05, 0.1) is 23.6 Å². The number of rotatable bonds is 6. The summed E-state index contributed by atoms with van der Waals surface area (Å²) in [5.74, 6) is 0.418. The number of H-pyrrole nitrogens is 1. The van der Waals surface area contributed by atoms with Crippen molar-refractivity contribution in [2.75, 3.05) is 19.7 Å². The minimum atomic E-state index is -4.47. The van der Waals surface area contributed by atoms with Crippen molar-refractivity contribution in [3.63, 3.8) is 0 Å². The third-order valence-electron chi connectivity index (χ3n) is 5.46. The molecule has 1 atom stereocenters. The molecular weight excluding hydrogens is 425 g/mol. The zero-order valence-electron chi connectivity index (χ0n) is 17.7. The number of aryl methyl sites for hydroxylation is 2. The fourth-order valence-electron chi connectivity index (χ4n) is 3.87. The summed E-state index contributed by atoms with van der Waals surface area (Å²) < 4.78 is 50.0. The van der Waals surface area contributed by atoms with Gasteiger partial charge in [0.25, 0.3) is 5.91 Å². The monoisotopic (exact) mass is 448 g/mol. The third-order valence-corrected chi connectivity index (χ3v) is 5.46. The number of carbonyl (C=O) groups excluding carboxylic acids is 1. The molecule has 1 aliphatic heterocycles. The zero-order chi connectivity index (χ0) is 22.9. The number of hydrogen-bond acceptors (Lipinski definition) is 5. The lowest BCUT2D eigenvalue weighted by molar-refractivity contribution is -0.138. The number of aromatic amines is 1. The molecule has 1 amide bonds. The van der Waals surface area contributed by atoms with Crippen molar-refractivity contribution in [2.45, 2.75) is 38.8 Å². The Morgan fingerprint density at radius 2 is 2.09 bits per heavy atom. The molecule has 0 saturated carbocycles. The van der Waals surface area contributed by atoms with Crippen molar-refractivity contribution in [3.05, 3.63) is 64.6 Å². The SMILES string of the molecule is Cc1nc(C)c(C(=O)N2CC[C@@H](c3cc(CCOc4ccccc4C(F)(F)F)[nH]n3)C2)o1. The number of likely N-dealkylation sites (tertiary alicyclic amines) is 1. The molecule has 170 valence electrons. The number of para-hydroxylation sites is 1. The molecule has 7 nitrogen and oxygen atoms in total. The van der Waals surface area contributed by atoms with Crippen LogP contribution in [0.15, 0.2) is 34.7 Å². The van der Waals surface area contributed by atoms with E-state index in [9.17, 15) is 18.0 Å². The van der Waals surface area contributed by atoms with Crippen LogP contribution in [0, 0.1) is 13.8 Å². The van der Waals surface area contributed by atoms with Crippen LogP contribution in [0.25, 0.3) is 0 Å². The van der Waals surface area contributed by atoms with Crippen LogP contribution in [0.2, 0.25) is 0 Å². The highest BCUT2D eigenvalue weighted by Gasteiger charge is 2.34. The number of amides is 1. The smallest absolute Gasteiger partial charge is 0.419 e. The van der Waals surface area contributed by atoms with E-state index in [2.05, 4.69) is 15.2 Å². The van der Waals surface area contributed by atoms with E-state index < -0.39 is 11.7 Å². The van der Waals surface area contributed by atoms with Gasteiger partial charge in [-0.2, -0.15) is 18.3 Å². The number of carbonyl (C=O) groups is 1. The van der Waals surface area contributed by atoms with E-state index in [1.807, 2.05) is 6.07 Å². The van der Waals surface area contributed by atoms with E-state index >= 15 is 0 Å². The summed E-state index contributed by atoms with van der Waals surface area (Å²) in [6.07, 6.45) is -3.32. The number of benzene rings is 1. The van der Waals surface area contributed by atoms with E-state index in [0.29, 0.717) is 31.1 Å². The molecule has 0 bridgehead atoms. The Morgan fingerprint density at radius 3 is 2.81 bits per heavy atom. The predicted octanol–water partition coefficient (Wildman–Crippen LogP) is 4.28. The average Bonchev–Trinajstić information content (AvgIpc) is 3.47. The van der Waals surface area contributed by atoms with Gasteiger partial charge < -0.3 is 14.1 Å². The zero-order valence-corrected chi connectivity index (χ0v) is 17.7. The molecule has 0 aliphatic carbocycles. The van der Waals surface area contributed by atoms with E-state index in [1.165, 1.54) is 18.2 Å². The molecule has 0 unspecified atom stereocenters. The second-order valence-electron chi connectivity index (χ2n) is 7.79. The van der Waals surface area contributed by atoms with Gasteiger partial charge in [0.15, 0.2) is 5.89 Å². The highest BCUT2D eigenvalue weighted by molar-refractivity contribution is 5.92. The minimum absolute atomic E-state index is 0.0696. The minimum Gasteiger partial charge on any atom is -0.493 e. The van der Waals surface area contributed by atoms with E-state index in [-0.39, 0.29) is 29.9 Å². The lowest BCUT2D eigenvalue weighted by atomic mass is 10.0. The first-order valence-corrected chi connectivity index (χ1v) is 10.3. The molecular formula is C22H23F3N4O3. The number of alkyl halides is 3. The van der Waals surface area contributed by atoms with Gasteiger partial charge >= 0.3 is 6.18 Å². The topological polar surface area (TPSA) is 84.3 Å². The van der Waals surface area contributed by atoms with Crippen molar-refractivity contribution in [2.24, 2.45) is 0 Å². The van der Waals surface area contributed by atoms with Crippen LogP contribution in [0.4, 0.5) is 13.2 Å². The Bertz CT molecular complexity index is 1110. The summed E-state index contributed by atoms with van der Waals surface area (Å²) >= 11 is 0. The summed E-state index contributed by atoms with van der Waals surface area (Å²) in [5, 5.41) is 7.25. The number of oxazole rings is 1. The molecule has 0 spiro atoms. The number of nitrogens with one attached hydrogen (secondary N) is 1. The molecule has 1 saturated heterocycles. The van der Waals surface area contributed by atoms with Crippen LogP contribution >= 0.6 is 0 Å². The highest BCUT2D eigenvalue weighted by Crippen LogP contribution is 2.36. The Morgan fingerprint density at radius 1 is 1.31 bits per heavy atom. The van der Waals surface area contributed by atoms with Gasteiger partial charge in [-0.15, -0.1) is 0 Å². The molecule has 3 aromatic rings. The molecule has 1 fully saturated rings. The standard InChI is InChI=1S/C22H23F3N4O3/c1-13-20(32-14(2)26-13)21(30)29-9-7-15(12-29)18-11-16(27-28-18)8-10-31-19-6-4-3-5-17(19)22(23,24)25/h3-6,11,15H,7-10,12H2,1-2H3,(H,27,28)/t15-/m1/s1. The van der Waals surface area contributed by atoms with E-state index in [4.69, 9.17) is 9.15 Å². The van der Waals surface area contributed by atoms with Crippen LogP contribution in [0.3, 0.4) is 0 Å². The van der Waals surface area contributed by atoms with Gasteiger partial charge in [-0.3, -0.25) is 9.89 Å². The molecule has 3 heterocycles. The number of hydrogen-bond donors (Lipinski definition) is 1. The van der Waals surface area contributed by atoms with Crippen LogP contribution in [0.1, 0.15) is 51.4 Å². The number of ether oxygens (including phenoxy) is 1. The largest absolute Gasteiger partial charge is 0.493 e. The number of halogens is 3. The number of aromatic nitrogens is 3. The first-order valence-electron chi connectivity index (χ1n) is 10.3. The molecule has 4 rings (SSSR count). The maximum Gasteiger partial charge on any atom is 0.419 e. The van der Waals surface area contributed by atoms with Crippen molar-refractivity contribution >= 4 is 5.91 Å². The molecule has 1 aromatic carbocycles. The first kappa shape index (κ1) is 21.9. The van der Waals surface area contributed by atoms with Crippen molar-refractivity contribution in [3.8, 4) is 5.75 Å². The van der Waals surface area contributed by atoms with Gasteiger partial charge in [-0.05, 0) is 31.5 Å². The van der Waals surface area contributed by atoms with Crippen molar-refractivity contribution < 1.29 is 27.1 Å². The lowest BCUT2D eigenvalue weighted by Gasteiger charge is -2.14. The summed E-state index contributed by atoms with van der Waals surface area (Å²) in [7, 11) is 0. The Hall–Kier alpha value is -3.30. The molecule has 1 N–H and O–H groups in total. The third kappa shape index (κ3) is 4.63. The van der Waals surface area contributed by atoms with Crippen LogP contribution < -0.4 is 4.74 Å². The molecule has 0 radical (unpaired) electrons. The summed E-state index contributed by atoms with van der Waals surface area (Å²) in [4.78, 5) is 18.6. The number of nitrogens with zero attached hydrogens (tertiary/aromatic N) is 3. The lowest BCUT2D eigenvalue weighted by Crippen LogP contribution is -2.28. The molecule has 1 aliphatic rings. The average molecular weight is 448 g/mol. The molecule has 10 heteroatoms. The summed E-state index contributed by atoms with van der Waals surface area (Å²) in [5.41, 5.74) is 1.36. The first-order chi connectivity index (χ1) is 15.2. The highest BCUT2D eigenvalue weighted by atomic mass is 19.4. The van der Waals surface area contributed by atoms with Gasteiger partial charge in [0.1, 0.15) is 5.75 Å². The molecule has 2 aromatic heterocycles. The summed E-state index contributed by atoms with van der Waals surface area (Å²) in [6.45, 7) is 4.62. The van der Waals surface area contributed by atoms with Crippen LogP contribution in [-0.2, 0) is 12.6 Å². The van der Waals surface area contributed by atoms with E-state index in [0.717, 1.165) is 23.9 Å². The Kier molecular flexibility index (Phi) is 5.94. The fourth-order valence-corrected chi connectivity index (χ4v) is 3.87. The van der Waals surface area contributed by atoms with Crippen molar-refractivity contribution in [1.29, 1.82) is 0 Å². The van der Waals surface area contributed by atoms with Gasteiger partial charge in [0.2, 0.25) is 5.76 Å². The maximum absolute atomic E-state index is 13.1. The maximum atomic E-state index is 13.1. The Labute approximate surface area is 182 Å². The quantitative estimate of drug-likeness (QED) is 0.608. The van der Waals surface area contributed by atoms with E-state index in [1.54, 1.807) is 18.7 Å². The second-order valence-corrected chi connectivity index (χ2v) is 7.79. The summed E-state index contributed by atoms with van der Waals surface area (Å²) in [6, 6.07) is 7.02. The fraction of sp³-hybridized carbons (Fsp3) is 0.409. The predicted molar refractivity (Wildman–Crippen MR) is 108 cm³/mol. The normalized spacial score (nSPS) is 16.5. The van der Waals surface area contributed by atoms with Gasteiger partial charge in [-0.25, -0.2) is 4.98 Å². The van der Waals surface area contributed by atoms with Crippen LogP contribution in [0.5, 0.6) is 5.75 Å².